The molecule has 10 heteroatoms. The molecule has 25 heavy (non-hydrogen) atoms. The maximum Gasteiger partial charge on any atom is 0.193 e. The molecular formula is C15H21BrN6O2S. The first kappa shape index (κ1) is 19.4. The SMILES string of the molecule is CN=C(NCCS(=O)(=O)c1ccc(Br)cc1)N(C)Cc1ncnn1C. The Labute approximate surface area is 156 Å². The second-order valence-corrected chi connectivity index (χ2v) is 8.43. The molecule has 1 aromatic heterocycles. The second kappa shape index (κ2) is 8.43. The zero-order valence-electron chi connectivity index (χ0n) is 14.3. The first-order valence-corrected chi connectivity index (χ1v) is 10.0. The number of hydrogen-bond donors (Lipinski definition) is 1. The summed E-state index contributed by atoms with van der Waals surface area (Å²) in [7, 11) is 1.98. The summed E-state index contributed by atoms with van der Waals surface area (Å²) < 4.78 is 27.2. The Balaban J connectivity index is 1.92. The van der Waals surface area contributed by atoms with Gasteiger partial charge in [0.1, 0.15) is 12.2 Å². The molecule has 0 radical (unpaired) electrons. The lowest BCUT2D eigenvalue weighted by atomic mass is 10.4. The molecule has 0 aliphatic rings. The van der Waals surface area contributed by atoms with E-state index in [1.54, 1.807) is 36.0 Å². The molecule has 0 unspecified atom stereocenters. The van der Waals surface area contributed by atoms with Crippen molar-refractivity contribution in [3.63, 3.8) is 0 Å². The van der Waals surface area contributed by atoms with Crippen molar-refractivity contribution in [1.29, 1.82) is 0 Å². The number of aromatic nitrogens is 3. The molecule has 1 N–H and O–H groups in total. The van der Waals surface area contributed by atoms with Crippen molar-refractivity contribution in [3.8, 4) is 0 Å². The van der Waals surface area contributed by atoms with Crippen LogP contribution in [0.3, 0.4) is 0 Å². The minimum atomic E-state index is -3.35. The van der Waals surface area contributed by atoms with E-state index in [-0.39, 0.29) is 12.3 Å². The van der Waals surface area contributed by atoms with Gasteiger partial charge in [0.25, 0.3) is 0 Å². The molecule has 0 saturated carbocycles. The molecule has 2 aromatic rings. The zero-order chi connectivity index (χ0) is 18.4. The van der Waals surface area contributed by atoms with E-state index in [2.05, 4.69) is 36.3 Å². The molecule has 0 bridgehead atoms. The predicted molar refractivity (Wildman–Crippen MR) is 100 cm³/mol. The number of nitrogens with one attached hydrogen (secondary N) is 1. The lowest BCUT2D eigenvalue weighted by Crippen LogP contribution is -2.40. The van der Waals surface area contributed by atoms with E-state index in [4.69, 9.17) is 0 Å². The van der Waals surface area contributed by atoms with Crippen LogP contribution in [0.1, 0.15) is 5.82 Å². The topological polar surface area (TPSA) is 92.5 Å². The molecule has 0 aliphatic carbocycles. The van der Waals surface area contributed by atoms with Crippen molar-refractivity contribution in [2.75, 3.05) is 26.4 Å². The van der Waals surface area contributed by atoms with Crippen molar-refractivity contribution in [1.82, 2.24) is 25.0 Å². The molecule has 1 heterocycles. The summed E-state index contributed by atoms with van der Waals surface area (Å²) in [6, 6.07) is 6.62. The molecule has 1 aromatic carbocycles. The average molecular weight is 429 g/mol. The number of aryl methyl sites for hydroxylation is 1. The summed E-state index contributed by atoms with van der Waals surface area (Å²) >= 11 is 3.30. The Kier molecular flexibility index (Phi) is 6.54. The van der Waals surface area contributed by atoms with Gasteiger partial charge >= 0.3 is 0 Å². The van der Waals surface area contributed by atoms with E-state index in [0.717, 1.165) is 10.3 Å². The van der Waals surface area contributed by atoms with Crippen LogP contribution in [0.2, 0.25) is 0 Å². The van der Waals surface area contributed by atoms with Crippen LogP contribution in [0, 0.1) is 0 Å². The lowest BCUT2D eigenvalue weighted by molar-refractivity contribution is 0.450. The van der Waals surface area contributed by atoms with Crippen LogP contribution in [0.4, 0.5) is 0 Å². The van der Waals surface area contributed by atoms with Crippen LogP contribution >= 0.6 is 15.9 Å². The van der Waals surface area contributed by atoms with Crippen LogP contribution in [-0.4, -0.2) is 60.4 Å². The molecule has 0 saturated heterocycles. The minimum absolute atomic E-state index is 0.0224. The maximum atomic E-state index is 12.4. The van der Waals surface area contributed by atoms with E-state index in [1.165, 1.54) is 6.33 Å². The van der Waals surface area contributed by atoms with Gasteiger partial charge in [-0.25, -0.2) is 13.4 Å². The number of sulfone groups is 1. The molecule has 0 atom stereocenters. The van der Waals surface area contributed by atoms with E-state index >= 15 is 0 Å². The summed E-state index contributed by atoms with van der Waals surface area (Å²) in [4.78, 5) is 10.5. The van der Waals surface area contributed by atoms with Crippen molar-refractivity contribution < 1.29 is 8.42 Å². The largest absolute Gasteiger partial charge is 0.355 e. The third-order valence-corrected chi connectivity index (χ3v) is 5.84. The number of rotatable bonds is 6. The molecule has 0 aliphatic heterocycles. The molecule has 0 spiro atoms. The lowest BCUT2D eigenvalue weighted by Gasteiger charge is -2.21. The summed E-state index contributed by atoms with van der Waals surface area (Å²) in [6.45, 7) is 0.768. The highest BCUT2D eigenvalue weighted by molar-refractivity contribution is 9.10. The van der Waals surface area contributed by atoms with E-state index in [9.17, 15) is 8.42 Å². The second-order valence-electron chi connectivity index (χ2n) is 5.40. The number of nitrogens with zero attached hydrogens (tertiary/aromatic N) is 5. The monoisotopic (exact) mass is 428 g/mol. The van der Waals surface area contributed by atoms with Crippen molar-refractivity contribution in [2.45, 2.75) is 11.4 Å². The van der Waals surface area contributed by atoms with Gasteiger partial charge in [-0.2, -0.15) is 5.10 Å². The maximum absolute atomic E-state index is 12.4. The van der Waals surface area contributed by atoms with Crippen LogP contribution in [0.15, 0.2) is 45.0 Å². The molecule has 0 fully saturated rings. The highest BCUT2D eigenvalue weighted by atomic mass is 79.9. The Morgan fingerprint density at radius 1 is 1.36 bits per heavy atom. The van der Waals surface area contributed by atoms with Crippen molar-refractivity contribution in [2.24, 2.45) is 12.0 Å². The van der Waals surface area contributed by atoms with Crippen molar-refractivity contribution >= 4 is 31.7 Å². The molecular weight excluding hydrogens is 408 g/mol. The van der Waals surface area contributed by atoms with Gasteiger partial charge in [0.2, 0.25) is 0 Å². The Hall–Kier alpha value is -1.94. The molecule has 8 nitrogen and oxygen atoms in total. The van der Waals surface area contributed by atoms with Crippen LogP contribution < -0.4 is 5.32 Å². The Morgan fingerprint density at radius 3 is 2.60 bits per heavy atom. The smallest absolute Gasteiger partial charge is 0.193 e. The number of benzene rings is 1. The average Bonchev–Trinajstić information content (AvgIpc) is 2.97. The standard InChI is InChI=1S/C15H21BrN6O2S/c1-17-15(21(2)10-14-19-11-20-22(14)3)18-8-9-25(23,24)13-6-4-12(16)5-7-13/h4-7,11H,8-10H2,1-3H3,(H,17,18). The summed E-state index contributed by atoms with van der Waals surface area (Å²) in [5, 5.41) is 7.09. The quantitative estimate of drug-likeness (QED) is 0.546. The molecule has 2 rings (SSSR count). The van der Waals surface area contributed by atoms with Crippen molar-refractivity contribution in [3.05, 3.63) is 40.9 Å². The first-order chi connectivity index (χ1) is 11.8. The van der Waals surface area contributed by atoms with Crippen LogP contribution in [0.5, 0.6) is 0 Å². The van der Waals surface area contributed by atoms with E-state index < -0.39 is 9.84 Å². The number of aliphatic imine (C=N–C) groups is 1. The number of hydrogen-bond acceptors (Lipinski definition) is 5. The van der Waals surface area contributed by atoms with Crippen LogP contribution in [-0.2, 0) is 23.4 Å². The van der Waals surface area contributed by atoms with Gasteiger partial charge in [-0.3, -0.25) is 9.67 Å². The van der Waals surface area contributed by atoms with Gasteiger partial charge in [0.05, 0.1) is 17.2 Å². The van der Waals surface area contributed by atoms with Gasteiger partial charge in [0.15, 0.2) is 15.8 Å². The Morgan fingerprint density at radius 2 is 2.04 bits per heavy atom. The van der Waals surface area contributed by atoms with Gasteiger partial charge in [-0.1, -0.05) is 15.9 Å². The number of halogens is 1. The first-order valence-electron chi connectivity index (χ1n) is 7.56. The fourth-order valence-electron chi connectivity index (χ4n) is 2.19. The predicted octanol–water partition coefficient (Wildman–Crippen LogP) is 1.06. The highest BCUT2D eigenvalue weighted by Crippen LogP contribution is 2.15. The van der Waals surface area contributed by atoms with E-state index in [0.29, 0.717) is 17.4 Å². The van der Waals surface area contributed by atoms with Gasteiger partial charge in [0, 0.05) is 32.2 Å². The zero-order valence-corrected chi connectivity index (χ0v) is 16.7. The molecule has 0 amide bonds. The van der Waals surface area contributed by atoms with Gasteiger partial charge in [-0.15, -0.1) is 0 Å². The van der Waals surface area contributed by atoms with Crippen LogP contribution in [0.25, 0.3) is 0 Å². The summed E-state index contributed by atoms with van der Waals surface area (Å²) in [6.07, 6.45) is 1.49. The third-order valence-electron chi connectivity index (χ3n) is 3.58. The summed E-state index contributed by atoms with van der Waals surface area (Å²) in [5.41, 5.74) is 0. The molecule has 136 valence electrons. The number of guanidine groups is 1. The van der Waals surface area contributed by atoms with E-state index in [1.807, 2.05) is 19.0 Å². The van der Waals surface area contributed by atoms with Gasteiger partial charge in [-0.05, 0) is 24.3 Å². The third kappa shape index (κ3) is 5.27. The highest BCUT2D eigenvalue weighted by Gasteiger charge is 2.15. The Bertz CT molecular complexity index is 832. The fraction of sp³-hybridized carbons (Fsp3) is 0.400. The minimum Gasteiger partial charge on any atom is -0.355 e. The summed E-state index contributed by atoms with van der Waals surface area (Å²) in [5.74, 6) is 1.35. The fourth-order valence-corrected chi connectivity index (χ4v) is 3.61. The normalized spacial score (nSPS) is 12.2. The van der Waals surface area contributed by atoms with Gasteiger partial charge < -0.3 is 10.2 Å².